The Kier molecular flexibility index (Phi) is 4.85. The smallest absolute Gasteiger partial charge is 0.0703 e. The van der Waals surface area contributed by atoms with Crippen molar-refractivity contribution in [3.8, 4) is 0 Å². The van der Waals surface area contributed by atoms with Crippen LogP contribution in [0.4, 0.5) is 0 Å². The number of nitrogens with two attached hydrogens (primary N) is 1. The minimum Gasteiger partial charge on any atom is -0.378 e. The van der Waals surface area contributed by atoms with E-state index in [2.05, 4.69) is 11.8 Å². The highest BCUT2D eigenvalue weighted by Crippen LogP contribution is 2.28. The van der Waals surface area contributed by atoms with Gasteiger partial charge in [0.25, 0.3) is 0 Å². The van der Waals surface area contributed by atoms with Gasteiger partial charge in [0.2, 0.25) is 0 Å². The summed E-state index contributed by atoms with van der Waals surface area (Å²) in [6, 6.07) is 0. The molecule has 1 saturated heterocycles. The number of ether oxygens (including phenoxy) is 1. The van der Waals surface area contributed by atoms with Crippen LogP contribution in [0, 0.1) is 0 Å². The van der Waals surface area contributed by atoms with Crippen molar-refractivity contribution in [2.24, 2.45) is 5.73 Å². The summed E-state index contributed by atoms with van der Waals surface area (Å²) in [5.74, 6) is 0. The van der Waals surface area contributed by atoms with E-state index in [9.17, 15) is 0 Å². The van der Waals surface area contributed by atoms with E-state index in [4.69, 9.17) is 10.5 Å². The third kappa shape index (κ3) is 2.94. The molecule has 0 spiro atoms. The van der Waals surface area contributed by atoms with Crippen LogP contribution < -0.4 is 5.73 Å². The van der Waals surface area contributed by atoms with Crippen molar-refractivity contribution in [2.45, 2.75) is 38.2 Å². The Morgan fingerprint density at radius 2 is 2.14 bits per heavy atom. The molecule has 1 atom stereocenters. The van der Waals surface area contributed by atoms with Gasteiger partial charge in [0.15, 0.2) is 0 Å². The first kappa shape index (κ1) is 12.0. The zero-order valence-electron chi connectivity index (χ0n) is 9.59. The monoisotopic (exact) mass is 200 g/mol. The summed E-state index contributed by atoms with van der Waals surface area (Å²) in [6.45, 7) is 6.49. The summed E-state index contributed by atoms with van der Waals surface area (Å²) < 4.78 is 5.69. The summed E-state index contributed by atoms with van der Waals surface area (Å²) in [5, 5.41) is 0. The average Bonchev–Trinajstić information content (AvgIpc) is 2.42. The van der Waals surface area contributed by atoms with Crippen LogP contribution in [-0.2, 0) is 4.74 Å². The van der Waals surface area contributed by atoms with Gasteiger partial charge < -0.3 is 15.4 Å². The Balaban J connectivity index is 2.52. The van der Waals surface area contributed by atoms with Crippen LogP contribution in [0.1, 0.15) is 32.6 Å². The fourth-order valence-electron chi connectivity index (χ4n) is 2.36. The SMILES string of the molecule is CCN1CCCC(CCN)(OC)CC1. The maximum atomic E-state index is 5.69. The lowest BCUT2D eigenvalue weighted by Crippen LogP contribution is -2.35. The molecule has 84 valence electrons. The van der Waals surface area contributed by atoms with Gasteiger partial charge in [-0.25, -0.2) is 0 Å². The summed E-state index contributed by atoms with van der Waals surface area (Å²) in [6.07, 6.45) is 4.54. The van der Waals surface area contributed by atoms with Crippen LogP contribution in [0.25, 0.3) is 0 Å². The van der Waals surface area contributed by atoms with Crippen molar-refractivity contribution >= 4 is 0 Å². The van der Waals surface area contributed by atoms with E-state index >= 15 is 0 Å². The minimum absolute atomic E-state index is 0.0681. The molecule has 0 aliphatic carbocycles. The van der Waals surface area contributed by atoms with E-state index in [1.54, 1.807) is 0 Å². The molecule has 3 nitrogen and oxygen atoms in total. The molecule has 0 amide bonds. The topological polar surface area (TPSA) is 38.5 Å². The molecular formula is C11H24N2O. The highest BCUT2D eigenvalue weighted by molar-refractivity contribution is 4.85. The summed E-state index contributed by atoms with van der Waals surface area (Å²) in [7, 11) is 1.83. The molecule has 1 heterocycles. The third-order valence-corrected chi connectivity index (χ3v) is 3.47. The number of rotatable bonds is 4. The van der Waals surface area contributed by atoms with Gasteiger partial charge in [0.05, 0.1) is 5.60 Å². The number of likely N-dealkylation sites (tertiary alicyclic amines) is 1. The average molecular weight is 200 g/mol. The van der Waals surface area contributed by atoms with Crippen LogP contribution >= 0.6 is 0 Å². The lowest BCUT2D eigenvalue weighted by molar-refractivity contribution is -0.0267. The second-order valence-electron chi connectivity index (χ2n) is 4.21. The fourth-order valence-corrected chi connectivity index (χ4v) is 2.36. The van der Waals surface area contributed by atoms with Crippen molar-refractivity contribution in [1.29, 1.82) is 0 Å². The second-order valence-corrected chi connectivity index (χ2v) is 4.21. The van der Waals surface area contributed by atoms with Gasteiger partial charge in [-0.15, -0.1) is 0 Å². The molecule has 0 bridgehead atoms. The third-order valence-electron chi connectivity index (χ3n) is 3.47. The summed E-state index contributed by atoms with van der Waals surface area (Å²) >= 11 is 0. The molecule has 1 aliphatic rings. The molecule has 0 radical (unpaired) electrons. The zero-order chi connectivity index (χ0) is 10.4. The molecule has 0 aromatic carbocycles. The van der Waals surface area contributed by atoms with Crippen molar-refractivity contribution in [3.63, 3.8) is 0 Å². The first-order chi connectivity index (χ1) is 6.76. The molecule has 0 aromatic heterocycles. The van der Waals surface area contributed by atoms with E-state index in [1.165, 1.54) is 13.0 Å². The molecule has 1 fully saturated rings. The highest BCUT2D eigenvalue weighted by Gasteiger charge is 2.31. The standard InChI is InChI=1S/C11H24N2O/c1-3-13-9-4-5-11(14-2,6-8-12)7-10-13/h3-10,12H2,1-2H3. The van der Waals surface area contributed by atoms with E-state index in [0.717, 1.165) is 38.9 Å². The Morgan fingerprint density at radius 1 is 1.36 bits per heavy atom. The molecule has 0 aromatic rings. The second kappa shape index (κ2) is 5.69. The van der Waals surface area contributed by atoms with Crippen LogP contribution in [0.15, 0.2) is 0 Å². The van der Waals surface area contributed by atoms with E-state index in [-0.39, 0.29) is 5.60 Å². The van der Waals surface area contributed by atoms with Gasteiger partial charge in [-0.3, -0.25) is 0 Å². The molecule has 1 rings (SSSR count). The number of hydrogen-bond donors (Lipinski definition) is 1. The first-order valence-corrected chi connectivity index (χ1v) is 5.74. The van der Waals surface area contributed by atoms with Crippen LogP contribution in [0.3, 0.4) is 0 Å². The molecule has 2 N–H and O–H groups in total. The highest BCUT2D eigenvalue weighted by atomic mass is 16.5. The van der Waals surface area contributed by atoms with Crippen molar-refractivity contribution in [3.05, 3.63) is 0 Å². The van der Waals surface area contributed by atoms with Gasteiger partial charge in [0, 0.05) is 13.7 Å². The lowest BCUT2D eigenvalue weighted by atomic mass is 9.91. The van der Waals surface area contributed by atoms with Crippen molar-refractivity contribution in [1.82, 2.24) is 4.90 Å². The first-order valence-electron chi connectivity index (χ1n) is 5.74. The Labute approximate surface area is 87.6 Å². The number of hydrogen-bond acceptors (Lipinski definition) is 3. The predicted molar refractivity (Wildman–Crippen MR) is 59.4 cm³/mol. The molecule has 3 heteroatoms. The molecule has 1 aliphatic heterocycles. The Morgan fingerprint density at radius 3 is 2.71 bits per heavy atom. The minimum atomic E-state index is 0.0681. The van der Waals surface area contributed by atoms with Crippen molar-refractivity contribution in [2.75, 3.05) is 33.3 Å². The van der Waals surface area contributed by atoms with Crippen molar-refractivity contribution < 1.29 is 4.74 Å². The maximum Gasteiger partial charge on any atom is 0.0703 e. The molecular weight excluding hydrogens is 176 g/mol. The van der Waals surface area contributed by atoms with Crippen LogP contribution in [-0.4, -0.2) is 43.8 Å². The summed E-state index contributed by atoms with van der Waals surface area (Å²) in [4.78, 5) is 2.50. The number of nitrogens with zero attached hydrogens (tertiary/aromatic N) is 1. The van der Waals surface area contributed by atoms with Gasteiger partial charge in [-0.2, -0.15) is 0 Å². The number of methoxy groups -OCH3 is 1. The van der Waals surface area contributed by atoms with Crippen LogP contribution in [0.5, 0.6) is 0 Å². The molecule has 14 heavy (non-hydrogen) atoms. The molecule has 0 saturated carbocycles. The largest absolute Gasteiger partial charge is 0.378 e. The molecule has 1 unspecified atom stereocenters. The van der Waals surface area contributed by atoms with E-state index in [1.807, 2.05) is 7.11 Å². The van der Waals surface area contributed by atoms with Crippen LogP contribution in [0.2, 0.25) is 0 Å². The summed E-state index contributed by atoms with van der Waals surface area (Å²) in [5.41, 5.74) is 5.71. The zero-order valence-corrected chi connectivity index (χ0v) is 9.59. The lowest BCUT2D eigenvalue weighted by Gasteiger charge is -2.31. The normalized spacial score (nSPS) is 30.2. The van der Waals surface area contributed by atoms with Gasteiger partial charge in [-0.05, 0) is 45.3 Å². The predicted octanol–water partition coefficient (Wildman–Crippen LogP) is 1.23. The Hall–Kier alpha value is -0.120. The van der Waals surface area contributed by atoms with E-state index in [0.29, 0.717) is 0 Å². The Bertz CT molecular complexity index is 163. The van der Waals surface area contributed by atoms with Gasteiger partial charge in [-0.1, -0.05) is 6.92 Å². The van der Waals surface area contributed by atoms with Gasteiger partial charge in [0.1, 0.15) is 0 Å². The quantitative estimate of drug-likeness (QED) is 0.741. The maximum absolute atomic E-state index is 5.69. The fraction of sp³-hybridized carbons (Fsp3) is 1.00. The van der Waals surface area contributed by atoms with E-state index < -0.39 is 0 Å². The van der Waals surface area contributed by atoms with Gasteiger partial charge >= 0.3 is 0 Å².